The molecule has 1 aromatic carbocycles. The normalized spacial score (nSPS) is 15.8. The highest BCUT2D eigenvalue weighted by molar-refractivity contribution is 5.76. The van der Waals surface area contributed by atoms with Crippen molar-refractivity contribution in [1.82, 2.24) is 0 Å². The third-order valence-electron chi connectivity index (χ3n) is 3.32. The van der Waals surface area contributed by atoms with Gasteiger partial charge in [-0.25, -0.2) is 0 Å². The van der Waals surface area contributed by atoms with Gasteiger partial charge in [0.05, 0.1) is 19.8 Å². The molecule has 1 aliphatic rings. The lowest BCUT2D eigenvalue weighted by Gasteiger charge is -2.23. The third-order valence-corrected chi connectivity index (χ3v) is 3.32. The van der Waals surface area contributed by atoms with Crippen LogP contribution in [0.25, 0.3) is 0 Å². The van der Waals surface area contributed by atoms with Gasteiger partial charge in [-0.1, -0.05) is 0 Å². The lowest BCUT2D eigenvalue weighted by Crippen LogP contribution is -3.14. The van der Waals surface area contributed by atoms with Crippen LogP contribution >= 0.6 is 0 Å². The van der Waals surface area contributed by atoms with Gasteiger partial charge in [-0.05, 0) is 25.1 Å². The number of nitrogens with one attached hydrogen (secondary N) is 1. The van der Waals surface area contributed by atoms with Crippen LogP contribution in [0.15, 0.2) is 18.2 Å². The number of hydrogen-bond acceptors (Lipinski definition) is 4. The van der Waals surface area contributed by atoms with E-state index in [1.807, 2.05) is 6.92 Å². The number of morpholine rings is 1. The quantitative estimate of drug-likeness (QED) is 0.725. The number of quaternary nitrogens is 1. The monoisotopic (exact) mass is 280 g/mol. The number of hydrogen-bond donors (Lipinski definition) is 1. The molecule has 5 heteroatoms. The predicted molar refractivity (Wildman–Crippen MR) is 74.9 cm³/mol. The van der Waals surface area contributed by atoms with Crippen molar-refractivity contribution >= 4 is 6.29 Å². The SMILES string of the molecule is CCOc1cc(C=O)ccc1OCC[NH+]1CCOCC1. The Hall–Kier alpha value is -1.59. The molecular weight excluding hydrogens is 258 g/mol. The number of benzene rings is 1. The smallest absolute Gasteiger partial charge is 0.161 e. The molecule has 1 saturated heterocycles. The van der Waals surface area contributed by atoms with Gasteiger partial charge in [0.25, 0.3) is 0 Å². The minimum absolute atomic E-state index is 0.549. The lowest BCUT2D eigenvalue weighted by molar-refractivity contribution is -0.908. The van der Waals surface area contributed by atoms with Crippen LogP contribution in [0.3, 0.4) is 0 Å². The standard InChI is InChI=1S/C15H21NO4/c1-2-19-15-11-13(12-17)3-4-14(15)20-10-7-16-5-8-18-9-6-16/h3-4,11-12H,2,5-10H2,1H3/p+1. The number of carbonyl (C=O) groups excluding carboxylic acids is 1. The number of aldehydes is 1. The zero-order valence-corrected chi connectivity index (χ0v) is 11.9. The first kappa shape index (κ1) is 14.8. The minimum Gasteiger partial charge on any atom is -0.490 e. The van der Waals surface area contributed by atoms with Gasteiger partial charge in [-0.3, -0.25) is 4.79 Å². The molecule has 1 aliphatic heterocycles. The highest BCUT2D eigenvalue weighted by Crippen LogP contribution is 2.27. The van der Waals surface area contributed by atoms with Crippen molar-refractivity contribution in [2.24, 2.45) is 0 Å². The Morgan fingerprint density at radius 3 is 2.75 bits per heavy atom. The van der Waals surface area contributed by atoms with E-state index in [0.717, 1.165) is 39.1 Å². The molecule has 0 aromatic heterocycles. The first-order chi connectivity index (χ1) is 9.83. The second kappa shape index (κ2) is 7.87. The molecule has 5 nitrogen and oxygen atoms in total. The summed E-state index contributed by atoms with van der Waals surface area (Å²) in [6, 6.07) is 5.25. The third kappa shape index (κ3) is 4.21. The van der Waals surface area contributed by atoms with Gasteiger partial charge in [0.15, 0.2) is 11.5 Å². The zero-order chi connectivity index (χ0) is 14.2. The van der Waals surface area contributed by atoms with Gasteiger partial charge >= 0.3 is 0 Å². The Balaban J connectivity index is 1.88. The fourth-order valence-electron chi connectivity index (χ4n) is 2.20. The number of ether oxygens (including phenoxy) is 3. The highest BCUT2D eigenvalue weighted by Gasteiger charge is 2.14. The maximum atomic E-state index is 10.8. The van der Waals surface area contributed by atoms with Crippen LogP contribution in [0, 0.1) is 0 Å². The summed E-state index contributed by atoms with van der Waals surface area (Å²) < 4.78 is 16.6. The molecular formula is C15H22NO4+. The van der Waals surface area contributed by atoms with Gasteiger partial charge in [0.2, 0.25) is 0 Å². The van der Waals surface area contributed by atoms with Crippen LogP contribution in [-0.4, -0.2) is 52.3 Å². The van der Waals surface area contributed by atoms with E-state index < -0.39 is 0 Å². The van der Waals surface area contributed by atoms with Gasteiger partial charge in [-0.2, -0.15) is 0 Å². The molecule has 0 saturated carbocycles. The van der Waals surface area contributed by atoms with E-state index in [1.54, 1.807) is 18.2 Å². The fraction of sp³-hybridized carbons (Fsp3) is 0.533. The van der Waals surface area contributed by atoms with E-state index in [4.69, 9.17) is 14.2 Å². The van der Waals surface area contributed by atoms with Crippen molar-refractivity contribution in [3.05, 3.63) is 23.8 Å². The largest absolute Gasteiger partial charge is 0.490 e. The molecule has 0 radical (unpaired) electrons. The second-order valence-corrected chi connectivity index (χ2v) is 4.72. The maximum absolute atomic E-state index is 10.8. The topological polar surface area (TPSA) is 49.2 Å². The zero-order valence-electron chi connectivity index (χ0n) is 11.9. The molecule has 1 N–H and O–H groups in total. The van der Waals surface area contributed by atoms with Crippen LogP contribution < -0.4 is 14.4 Å². The summed E-state index contributed by atoms with van der Waals surface area (Å²) in [7, 11) is 0. The summed E-state index contributed by atoms with van der Waals surface area (Å²) in [5.41, 5.74) is 0.597. The Kier molecular flexibility index (Phi) is 5.83. The Labute approximate surface area is 119 Å². The van der Waals surface area contributed by atoms with Crippen molar-refractivity contribution in [3.8, 4) is 11.5 Å². The van der Waals surface area contributed by atoms with Crippen molar-refractivity contribution in [3.63, 3.8) is 0 Å². The van der Waals surface area contributed by atoms with Gasteiger partial charge in [-0.15, -0.1) is 0 Å². The maximum Gasteiger partial charge on any atom is 0.161 e. The van der Waals surface area contributed by atoms with Crippen molar-refractivity contribution in [1.29, 1.82) is 0 Å². The van der Waals surface area contributed by atoms with Crippen LogP contribution in [0.1, 0.15) is 17.3 Å². The van der Waals surface area contributed by atoms with E-state index in [2.05, 4.69) is 0 Å². The molecule has 110 valence electrons. The molecule has 2 rings (SSSR count). The number of rotatable bonds is 7. The Morgan fingerprint density at radius 2 is 2.05 bits per heavy atom. The highest BCUT2D eigenvalue weighted by atomic mass is 16.5. The van der Waals surface area contributed by atoms with Crippen LogP contribution in [-0.2, 0) is 4.74 Å². The predicted octanol–water partition coefficient (Wildman–Crippen LogP) is 0.192. The first-order valence-corrected chi connectivity index (χ1v) is 7.09. The molecule has 0 spiro atoms. The molecule has 1 fully saturated rings. The van der Waals surface area contributed by atoms with Crippen molar-refractivity contribution in [2.75, 3.05) is 46.1 Å². The summed E-state index contributed by atoms with van der Waals surface area (Å²) in [5.74, 6) is 1.33. The summed E-state index contributed by atoms with van der Waals surface area (Å²) in [4.78, 5) is 12.3. The summed E-state index contributed by atoms with van der Waals surface area (Å²) in [6.45, 7) is 7.77. The molecule has 0 amide bonds. The summed E-state index contributed by atoms with van der Waals surface area (Å²) in [6.07, 6.45) is 0.810. The van der Waals surface area contributed by atoms with Gasteiger partial charge in [0, 0.05) is 5.56 Å². The van der Waals surface area contributed by atoms with Crippen LogP contribution in [0.5, 0.6) is 11.5 Å². The van der Waals surface area contributed by atoms with E-state index in [0.29, 0.717) is 30.3 Å². The molecule has 1 heterocycles. The van der Waals surface area contributed by atoms with E-state index in [-0.39, 0.29) is 0 Å². The van der Waals surface area contributed by atoms with Crippen molar-refractivity contribution < 1.29 is 23.9 Å². The minimum atomic E-state index is 0.549. The molecule has 0 unspecified atom stereocenters. The number of carbonyl (C=O) groups is 1. The van der Waals surface area contributed by atoms with Crippen molar-refractivity contribution in [2.45, 2.75) is 6.92 Å². The van der Waals surface area contributed by atoms with Crippen LogP contribution in [0.4, 0.5) is 0 Å². The first-order valence-electron chi connectivity index (χ1n) is 7.09. The molecule has 0 aliphatic carbocycles. The van der Waals surface area contributed by atoms with Gasteiger partial charge < -0.3 is 19.1 Å². The average Bonchev–Trinajstić information content (AvgIpc) is 2.50. The molecule has 20 heavy (non-hydrogen) atoms. The molecule has 0 bridgehead atoms. The molecule has 0 atom stereocenters. The van der Waals surface area contributed by atoms with Gasteiger partial charge in [0.1, 0.15) is 32.5 Å². The van der Waals surface area contributed by atoms with E-state index in [1.165, 1.54) is 4.90 Å². The van der Waals surface area contributed by atoms with E-state index in [9.17, 15) is 4.79 Å². The van der Waals surface area contributed by atoms with Crippen LogP contribution in [0.2, 0.25) is 0 Å². The summed E-state index contributed by atoms with van der Waals surface area (Å²) in [5, 5.41) is 0. The average molecular weight is 280 g/mol. The fourth-order valence-corrected chi connectivity index (χ4v) is 2.20. The van der Waals surface area contributed by atoms with E-state index >= 15 is 0 Å². The second-order valence-electron chi connectivity index (χ2n) is 4.72. The Bertz CT molecular complexity index is 430. The summed E-state index contributed by atoms with van der Waals surface area (Å²) >= 11 is 0. The molecule has 1 aromatic rings. The Morgan fingerprint density at radius 1 is 1.25 bits per heavy atom. The lowest BCUT2D eigenvalue weighted by atomic mass is 10.2.